The van der Waals surface area contributed by atoms with E-state index in [9.17, 15) is 0 Å². The van der Waals surface area contributed by atoms with Gasteiger partial charge in [0, 0.05) is 16.8 Å². The quantitative estimate of drug-likeness (QED) is 0.755. The van der Waals surface area contributed by atoms with Gasteiger partial charge in [-0.1, -0.05) is 49.7 Å². The van der Waals surface area contributed by atoms with Crippen LogP contribution in [-0.4, -0.2) is 9.97 Å². The van der Waals surface area contributed by atoms with Crippen LogP contribution in [0.3, 0.4) is 0 Å². The van der Waals surface area contributed by atoms with E-state index in [0.29, 0.717) is 11.1 Å². The standard InChI is InChI=1S/C18H21ClN2/c1-12(2)11-13-7-9-14(10-8-13)18-20-16-6-4-3-5-15(16)17(19)21-18/h7-10,12H,3-6,11H2,1-2H3. The molecule has 1 aromatic heterocycles. The van der Waals surface area contributed by atoms with Crippen LogP contribution in [0.5, 0.6) is 0 Å². The molecule has 0 N–H and O–H groups in total. The Hall–Kier alpha value is -1.41. The Labute approximate surface area is 131 Å². The fraction of sp³-hybridized carbons (Fsp3) is 0.444. The van der Waals surface area contributed by atoms with Crippen molar-refractivity contribution in [2.75, 3.05) is 0 Å². The summed E-state index contributed by atoms with van der Waals surface area (Å²) in [5.74, 6) is 1.43. The largest absolute Gasteiger partial charge is 0.233 e. The smallest absolute Gasteiger partial charge is 0.161 e. The predicted molar refractivity (Wildman–Crippen MR) is 87.7 cm³/mol. The number of aromatic nitrogens is 2. The average molecular weight is 301 g/mol. The van der Waals surface area contributed by atoms with Crippen LogP contribution in [0.1, 0.15) is 43.5 Å². The first-order chi connectivity index (χ1) is 10.1. The van der Waals surface area contributed by atoms with Gasteiger partial charge in [-0.05, 0) is 43.6 Å². The maximum atomic E-state index is 6.35. The summed E-state index contributed by atoms with van der Waals surface area (Å²) in [6.07, 6.45) is 5.54. The number of benzene rings is 1. The molecule has 3 heteroatoms. The molecule has 110 valence electrons. The van der Waals surface area contributed by atoms with Gasteiger partial charge in [-0.2, -0.15) is 0 Å². The predicted octanol–water partition coefficient (Wildman–Crippen LogP) is 4.87. The van der Waals surface area contributed by atoms with E-state index >= 15 is 0 Å². The molecule has 0 aliphatic heterocycles. The topological polar surface area (TPSA) is 25.8 Å². The zero-order chi connectivity index (χ0) is 14.8. The van der Waals surface area contributed by atoms with Gasteiger partial charge in [-0.3, -0.25) is 0 Å². The van der Waals surface area contributed by atoms with Crippen LogP contribution in [0.15, 0.2) is 24.3 Å². The van der Waals surface area contributed by atoms with E-state index < -0.39 is 0 Å². The maximum absolute atomic E-state index is 6.35. The molecule has 0 amide bonds. The van der Waals surface area contributed by atoms with Gasteiger partial charge in [0.25, 0.3) is 0 Å². The first kappa shape index (κ1) is 14.5. The molecular formula is C18H21ClN2. The van der Waals surface area contributed by atoms with Crippen molar-refractivity contribution in [2.45, 2.75) is 46.0 Å². The molecule has 0 fully saturated rings. The minimum absolute atomic E-state index is 0.640. The Kier molecular flexibility index (Phi) is 4.25. The Morgan fingerprint density at radius 3 is 2.48 bits per heavy atom. The molecule has 0 radical (unpaired) electrons. The number of hydrogen-bond donors (Lipinski definition) is 0. The van der Waals surface area contributed by atoms with Crippen LogP contribution in [0.4, 0.5) is 0 Å². The summed E-state index contributed by atoms with van der Waals surface area (Å²) in [4.78, 5) is 9.24. The molecule has 1 aliphatic rings. The molecule has 1 aliphatic carbocycles. The van der Waals surface area contributed by atoms with Crippen molar-refractivity contribution in [3.8, 4) is 11.4 Å². The van der Waals surface area contributed by atoms with Crippen molar-refractivity contribution in [3.63, 3.8) is 0 Å². The Bertz CT molecular complexity index is 632. The summed E-state index contributed by atoms with van der Waals surface area (Å²) >= 11 is 6.35. The van der Waals surface area contributed by atoms with Gasteiger partial charge in [0.2, 0.25) is 0 Å². The van der Waals surface area contributed by atoms with E-state index in [1.165, 1.54) is 18.4 Å². The molecule has 1 heterocycles. The van der Waals surface area contributed by atoms with Crippen LogP contribution in [0.25, 0.3) is 11.4 Å². The van der Waals surface area contributed by atoms with Crippen molar-refractivity contribution in [1.82, 2.24) is 9.97 Å². The number of halogens is 1. The number of rotatable bonds is 3. The SMILES string of the molecule is CC(C)Cc1ccc(-c2nc(Cl)c3c(n2)CCCC3)cc1. The number of hydrogen-bond acceptors (Lipinski definition) is 2. The lowest BCUT2D eigenvalue weighted by atomic mass is 9.97. The normalized spacial score (nSPS) is 14.3. The minimum atomic E-state index is 0.640. The molecule has 0 saturated heterocycles. The van der Waals surface area contributed by atoms with Gasteiger partial charge in [0.15, 0.2) is 5.82 Å². The second kappa shape index (κ2) is 6.15. The van der Waals surface area contributed by atoms with Crippen molar-refractivity contribution >= 4 is 11.6 Å². The van der Waals surface area contributed by atoms with Gasteiger partial charge in [-0.25, -0.2) is 9.97 Å². The summed E-state index contributed by atoms with van der Waals surface area (Å²) < 4.78 is 0. The number of fused-ring (bicyclic) bond motifs is 1. The van der Waals surface area contributed by atoms with Crippen LogP contribution >= 0.6 is 11.6 Å². The van der Waals surface area contributed by atoms with E-state index in [0.717, 1.165) is 41.9 Å². The molecule has 3 rings (SSSR count). The van der Waals surface area contributed by atoms with Crippen LogP contribution in [0, 0.1) is 5.92 Å². The lowest BCUT2D eigenvalue weighted by Gasteiger charge is -2.16. The van der Waals surface area contributed by atoms with Gasteiger partial charge in [-0.15, -0.1) is 0 Å². The van der Waals surface area contributed by atoms with Crippen molar-refractivity contribution in [2.24, 2.45) is 5.92 Å². The van der Waals surface area contributed by atoms with Gasteiger partial charge in [0.1, 0.15) is 5.15 Å². The average Bonchev–Trinajstić information content (AvgIpc) is 2.47. The molecule has 0 bridgehead atoms. The Morgan fingerprint density at radius 2 is 1.76 bits per heavy atom. The summed E-state index contributed by atoms with van der Waals surface area (Å²) in [6.45, 7) is 4.47. The highest BCUT2D eigenvalue weighted by atomic mass is 35.5. The second-order valence-electron chi connectivity index (χ2n) is 6.27. The highest BCUT2D eigenvalue weighted by Gasteiger charge is 2.17. The third-order valence-electron chi connectivity index (χ3n) is 3.99. The van der Waals surface area contributed by atoms with E-state index in [1.807, 2.05) is 0 Å². The lowest BCUT2D eigenvalue weighted by molar-refractivity contribution is 0.647. The maximum Gasteiger partial charge on any atom is 0.161 e. The first-order valence-electron chi connectivity index (χ1n) is 7.78. The first-order valence-corrected chi connectivity index (χ1v) is 8.16. The molecule has 0 saturated carbocycles. The molecule has 2 aromatic rings. The number of nitrogens with zero attached hydrogens (tertiary/aromatic N) is 2. The minimum Gasteiger partial charge on any atom is -0.233 e. The lowest BCUT2D eigenvalue weighted by Crippen LogP contribution is -2.08. The fourth-order valence-electron chi connectivity index (χ4n) is 2.94. The van der Waals surface area contributed by atoms with Crippen LogP contribution in [0.2, 0.25) is 5.15 Å². The van der Waals surface area contributed by atoms with Crippen LogP contribution < -0.4 is 0 Å². The van der Waals surface area contributed by atoms with Crippen molar-refractivity contribution < 1.29 is 0 Å². The van der Waals surface area contributed by atoms with E-state index in [-0.39, 0.29) is 0 Å². The molecule has 21 heavy (non-hydrogen) atoms. The van der Waals surface area contributed by atoms with Gasteiger partial charge in [0.05, 0.1) is 0 Å². The molecule has 2 nitrogen and oxygen atoms in total. The van der Waals surface area contributed by atoms with Gasteiger partial charge < -0.3 is 0 Å². The van der Waals surface area contributed by atoms with E-state index in [4.69, 9.17) is 16.6 Å². The van der Waals surface area contributed by atoms with E-state index in [2.05, 4.69) is 43.1 Å². The summed E-state index contributed by atoms with van der Waals surface area (Å²) in [5.41, 5.74) is 4.71. The summed E-state index contributed by atoms with van der Waals surface area (Å²) in [6, 6.07) is 8.56. The highest BCUT2D eigenvalue weighted by molar-refractivity contribution is 6.30. The van der Waals surface area contributed by atoms with Gasteiger partial charge >= 0.3 is 0 Å². The Morgan fingerprint density at radius 1 is 1.05 bits per heavy atom. The Balaban J connectivity index is 1.91. The second-order valence-corrected chi connectivity index (χ2v) is 6.62. The highest BCUT2D eigenvalue weighted by Crippen LogP contribution is 2.28. The third-order valence-corrected chi connectivity index (χ3v) is 4.30. The zero-order valence-corrected chi connectivity index (χ0v) is 13.5. The monoisotopic (exact) mass is 300 g/mol. The summed E-state index contributed by atoms with van der Waals surface area (Å²) in [7, 11) is 0. The molecular weight excluding hydrogens is 280 g/mol. The fourth-order valence-corrected chi connectivity index (χ4v) is 3.22. The summed E-state index contributed by atoms with van der Waals surface area (Å²) in [5, 5.41) is 0.640. The number of aryl methyl sites for hydroxylation is 1. The zero-order valence-electron chi connectivity index (χ0n) is 12.7. The molecule has 0 atom stereocenters. The van der Waals surface area contributed by atoms with Crippen molar-refractivity contribution in [1.29, 1.82) is 0 Å². The van der Waals surface area contributed by atoms with Crippen LogP contribution in [-0.2, 0) is 19.3 Å². The van der Waals surface area contributed by atoms with Crippen molar-refractivity contribution in [3.05, 3.63) is 46.2 Å². The van der Waals surface area contributed by atoms with E-state index in [1.54, 1.807) is 0 Å². The molecule has 0 unspecified atom stereocenters. The molecule has 1 aromatic carbocycles. The third kappa shape index (κ3) is 3.26. The molecule has 0 spiro atoms.